The third-order valence-corrected chi connectivity index (χ3v) is 5.74. The molecule has 11 heteroatoms. The lowest BCUT2D eigenvalue weighted by Gasteiger charge is -2.12. The molecule has 1 atom stereocenters. The Balaban J connectivity index is 1.59. The highest BCUT2D eigenvalue weighted by atomic mass is 16.6. The summed E-state index contributed by atoms with van der Waals surface area (Å²) in [7, 11) is 1.19. The van der Waals surface area contributed by atoms with Gasteiger partial charge in [-0.05, 0) is 43.3 Å². The maximum atomic E-state index is 13.4. The summed E-state index contributed by atoms with van der Waals surface area (Å²) in [6.45, 7) is 1.42. The second-order valence-corrected chi connectivity index (χ2v) is 8.23. The van der Waals surface area contributed by atoms with E-state index in [0.29, 0.717) is 27.8 Å². The number of carbonyl (C=O) groups excluding carboxylic acids is 1. The van der Waals surface area contributed by atoms with Gasteiger partial charge >= 0.3 is 11.7 Å². The van der Waals surface area contributed by atoms with E-state index in [1.807, 2.05) is 18.2 Å². The molecule has 0 fully saturated rings. The number of esters is 1. The highest BCUT2D eigenvalue weighted by Gasteiger charge is 2.22. The smallest absolute Gasteiger partial charge is 0.346 e. The van der Waals surface area contributed by atoms with Crippen LogP contribution in [0, 0.1) is 10.1 Å². The maximum absolute atomic E-state index is 13.4. The number of hydrogen-bond donors (Lipinski definition) is 0. The molecule has 0 radical (unpaired) electrons. The van der Waals surface area contributed by atoms with Crippen LogP contribution in [0.2, 0.25) is 0 Å². The van der Waals surface area contributed by atoms with Crippen molar-refractivity contribution in [1.29, 1.82) is 0 Å². The quantitative estimate of drug-likeness (QED) is 0.134. The van der Waals surface area contributed by atoms with E-state index < -0.39 is 22.6 Å². The number of nitrogens with zero attached hydrogens (tertiary/aromatic N) is 4. The number of carbonyl (C=O) groups is 1. The Hall–Kier alpha value is -5.32. The van der Waals surface area contributed by atoms with E-state index >= 15 is 0 Å². The Morgan fingerprint density at radius 3 is 2.66 bits per heavy atom. The normalized spacial score (nSPS) is 12.2. The predicted molar refractivity (Wildman–Crippen MR) is 139 cm³/mol. The number of fused-ring (bicyclic) bond motifs is 2. The van der Waals surface area contributed by atoms with Gasteiger partial charge in [-0.25, -0.2) is 9.78 Å². The summed E-state index contributed by atoms with van der Waals surface area (Å²) >= 11 is 0. The van der Waals surface area contributed by atoms with Gasteiger partial charge in [0.15, 0.2) is 17.6 Å². The number of rotatable bonds is 7. The van der Waals surface area contributed by atoms with Gasteiger partial charge in [0, 0.05) is 17.0 Å². The summed E-state index contributed by atoms with van der Waals surface area (Å²) in [5.74, 6) is -0.288. The number of methoxy groups -OCH3 is 1. The highest BCUT2D eigenvalue weighted by Crippen LogP contribution is 2.29. The first-order valence-electron chi connectivity index (χ1n) is 11.4. The molecule has 3 aromatic carbocycles. The topological polar surface area (TPSA) is 139 Å². The molecule has 0 N–H and O–H groups in total. The average Bonchev–Trinajstić information content (AvgIpc) is 3.36. The molecule has 0 spiro atoms. The van der Waals surface area contributed by atoms with E-state index in [4.69, 9.17) is 9.15 Å². The minimum atomic E-state index is -1.05. The van der Waals surface area contributed by atoms with E-state index in [2.05, 4.69) is 14.8 Å². The average molecular weight is 512 g/mol. The first-order chi connectivity index (χ1) is 18.4. The van der Waals surface area contributed by atoms with Crippen LogP contribution in [0.3, 0.4) is 0 Å². The molecule has 38 heavy (non-hydrogen) atoms. The number of hydrogen-bond acceptors (Lipinski definition) is 9. The van der Waals surface area contributed by atoms with Gasteiger partial charge < -0.3 is 13.9 Å². The lowest BCUT2D eigenvalue weighted by Crippen LogP contribution is -2.25. The van der Waals surface area contributed by atoms with E-state index in [1.54, 1.807) is 36.4 Å². The molecule has 0 saturated heterocycles. The largest absolute Gasteiger partial charge is 0.472 e. The Morgan fingerprint density at radius 1 is 1.13 bits per heavy atom. The van der Waals surface area contributed by atoms with E-state index in [-0.39, 0.29) is 17.3 Å². The Labute approximate surface area is 214 Å². The molecule has 5 aromatic rings. The zero-order chi connectivity index (χ0) is 26.8. The minimum absolute atomic E-state index is 0.113. The molecule has 2 heterocycles. The summed E-state index contributed by atoms with van der Waals surface area (Å²) in [6, 6.07) is 20.1. The summed E-state index contributed by atoms with van der Waals surface area (Å²) in [5, 5.41) is 17.2. The van der Waals surface area contributed by atoms with Gasteiger partial charge in [-0.3, -0.25) is 14.9 Å². The number of nitro groups is 1. The van der Waals surface area contributed by atoms with Crippen LogP contribution in [0.4, 0.5) is 5.69 Å². The minimum Gasteiger partial charge on any atom is -0.472 e. The van der Waals surface area contributed by atoms with Crippen LogP contribution in [0.15, 0.2) is 87.1 Å². The van der Waals surface area contributed by atoms with Crippen molar-refractivity contribution in [2.45, 2.75) is 13.0 Å². The molecular formula is C27H20N4O7. The van der Waals surface area contributed by atoms with Crippen LogP contribution in [0.25, 0.3) is 33.5 Å². The van der Waals surface area contributed by atoms with Crippen LogP contribution < -0.4 is 10.3 Å². The molecule has 0 saturated carbocycles. The maximum Gasteiger partial charge on any atom is 0.346 e. The van der Waals surface area contributed by atoms with Crippen LogP contribution in [0.5, 0.6) is 5.75 Å². The first kappa shape index (κ1) is 24.4. The van der Waals surface area contributed by atoms with E-state index in [9.17, 15) is 19.7 Å². The molecule has 190 valence electrons. The molecule has 0 amide bonds. The fourth-order valence-electron chi connectivity index (χ4n) is 3.87. The van der Waals surface area contributed by atoms with Crippen molar-refractivity contribution < 1.29 is 23.6 Å². The number of ether oxygens (including phenoxy) is 2. The summed E-state index contributed by atoms with van der Waals surface area (Å²) < 4.78 is 17.1. The fraction of sp³-hybridized carbons (Fsp3) is 0.111. The van der Waals surface area contributed by atoms with Crippen LogP contribution >= 0.6 is 0 Å². The summed E-state index contributed by atoms with van der Waals surface area (Å²) in [4.78, 5) is 40.7. The van der Waals surface area contributed by atoms with Crippen LogP contribution in [-0.4, -0.2) is 40.0 Å². The molecule has 0 bridgehead atoms. The van der Waals surface area contributed by atoms with Crippen molar-refractivity contribution in [3.05, 3.63) is 98.8 Å². The van der Waals surface area contributed by atoms with Crippen molar-refractivity contribution in [2.24, 2.45) is 5.10 Å². The Kier molecular flexibility index (Phi) is 6.40. The Morgan fingerprint density at radius 2 is 1.89 bits per heavy atom. The zero-order valence-electron chi connectivity index (χ0n) is 20.2. The number of benzene rings is 3. The van der Waals surface area contributed by atoms with E-state index in [1.165, 1.54) is 38.4 Å². The van der Waals surface area contributed by atoms with Gasteiger partial charge in [0.05, 0.1) is 29.2 Å². The number of aromatic nitrogens is 2. The summed E-state index contributed by atoms with van der Waals surface area (Å²) in [5.41, 5.74) is 0.573. The monoisotopic (exact) mass is 512 g/mol. The van der Waals surface area contributed by atoms with E-state index in [0.717, 1.165) is 10.1 Å². The van der Waals surface area contributed by atoms with Crippen LogP contribution in [0.1, 0.15) is 12.5 Å². The first-order valence-corrected chi connectivity index (χ1v) is 11.4. The van der Waals surface area contributed by atoms with Gasteiger partial charge in [-0.15, -0.1) is 0 Å². The fourth-order valence-corrected chi connectivity index (χ4v) is 3.87. The SMILES string of the molecule is COC(=O)[C@@H](C)Oc1ccc(C=Nn2c(-c3cc4ccccc4o3)nc3ccccc3c2=O)cc1[N+](=O)[O-]. The number of para-hydroxylation sites is 2. The van der Waals surface area contributed by atoms with Gasteiger partial charge in [0.25, 0.3) is 5.56 Å². The van der Waals surface area contributed by atoms with Gasteiger partial charge in [0.2, 0.25) is 5.82 Å². The second kappa shape index (κ2) is 9.97. The van der Waals surface area contributed by atoms with Crippen molar-refractivity contribution in [3.8, 4) is 17.3 Å². The van der Waals surface area contributed by atoms with Gasteiger partial charge in [-0.1, -0.05) is 30.3 Å². The lowest BCUT2D eigenvalue weighted by atomic mass is 10.2. The molecule has 11 nitrogen and oxygen atoms in total. The lowest BCUT2D eigenvalue weighted by molar-refractivity contribution is -0.386. The summed E-state index contributed by atoms with van der Waals surface area (Å²) in [6.07, 6.45) is 0.247. The molecule has 2 aromatic heterocycles. The highest BCUT2D eigenvalue weighted by molar-refractivity contribution is 5.85. The molecule has 0 aliphatic rings. The molecule has 0 aliphatic carbocycles. The van der Waals surface area contributed by atoms with Crippen molar-refractivity contribution in [1.82, 2.24) is 9.66 Å². The predicted octanol–water partition coefficient (Wildman–Crippen LogP) is 4.54. The molecule has 0 unspecified atom stereocenters. The van der Waals surface area contributed by atoms with Gasteiger partial charge in [-0.2, -0.15) is 9.78 Å². The third kappa shape index (κ3) is 4.60. The van der Waals surface area contributed by atoms with Crippen molar-refractivity contribution in [2.75, 3.05) is 7.11 Å². The second-order valence-electron chi connectivity index (χ2n) is 8.23. The van der Waals surface area contributed by atoms with Crippen molar-refractivity contribution >= 4 is 39.7 Å². The molecule has 0 aliphatic heterocycles. The standard InChI is InChI=1S/C27H20N4O7/c1-16(27(33)36-2)37-23-12-11-17(13-21(23)31(34)35)15-28-30-25(24-14-18-7-3-6-10-22(18)38-24)29-20-9-5-4-8-19(20)26(30)32/h3-16H,1-2H3/t16-/m1/s1. The Bertz CT molecular complexity index is 1750. The number of furan rings is 1. The van der Waals surface area contributed by atoms with Gasteiger partial charge in [0.1, 0.15) is 5.58 Å². The molecule has 5 rings (SSSR count). The third-order valence-electron chi connectivity index (χ3n) is 5.74. The van der Waals surface area contributed by atoms with Crippen LogP contribution in [-0.2, 0) is 9.53 Å². The molecular weight excluding hydrogens is 492 g/mol. The zero-order valence-corrected chi connectivity index (χ0v) is 20.2. The number of nitro benzene ring substituents is 1. The van der Waals surface area contributed by atoms with Crippen molar-refractivity contribution in [3.63, 3.8) is 0 Å².